The van der Waals surface area contributed by atoms with E-state index in [4.69, 9.17) is 9.26 Å². The van der Waals surface area contributed by atoms with Crippen molar-refractivity contribution < 1.29 is 14.1 Å². The van der Waals surface area contributed by atoms with Gasteiger partial charge in [-0.05, 0) is 43.9 Å². The molecule has 0 radical (unpaired) electrons. The minimum Gasteiger partial charge on any atom is -0.497 e. The van der Waals surface area contributed by atoms with E-state index in [1.807, 2.05) is 55.4 Å². The van der Waals surface area contributed by atoms with Gasteiger partial charge in [0, 0.05) is 43.7 Å². The monoisotopic (exact) mass is 380 g/mol. The highest BCUT2D eigenvalue weighted by Crippen LogP contribution is 2.21. The van der Waals surface area contributed by atoms with E-state index in [0.717, 1.165) is 23.4 Å². The summed E-state index contributed by atoms with van der Waals surface area (Å²) in [6, 6.07) is 13.0. The van der Waals surface area contributed by atoms with Gasteiger partial charge >= 0.3 is 0 Å². The maximum Gasteiger partial charge on any atom is 0.276 e. The molecule has 0 spiro atoms. The van der Waals surface area contributed by atoms with Crippen molar-refractivity contribution in [3.63, 3.8) is 0 Å². The molecule has 2 aromatic heterocycles. The van der Waals surface area contributed by atoms with Gasteiger partial charge in [0.05, 0.1) is 7.11 Å². The van der Waals surface area contributed by atoms with Crippen LogP contribution >= 0.6 is 0 Å². The Morgan fingerprint density at radius 1 is 1.14 bits per heavy atom. The molecular weight excluding hydrogens is 356 g/mol. The Labute approximate surface area is 164 Å². The number of likely N-dealkylation sites (N-methyl/N-ethyl adjacent to an activating group) is 1. The van der Waals surface area contributed by atoms with E-state index in [0.29, 0.717) is 18.8 Å². The van der Waals surface area contributed by atoms with Crippen molar-refractivity contribution in [2.24, 2.45) is 0 Å². The summed E-state index contributed by atoms with van der Waals surface area (Å²) in [5, 5.41) is 3.98. The molecule has 1 aromatic carbocycles. The molecule has 0 saturated heterocycles. The van der Waals surface area contributed by atoms with E-state index in [1.54, 1.807) is 30.5 Å². The number of pyridine rings is 1. The average Bonchev–Trinajstić information content (AvgIpc) is 3.21. The Balaban J connectivity index is 1.81. The van der Waals surface area contributed by atoms with Crippen molar-refractivity contribution in [3.05, 3.63) is 66.1 Å². The Hall–Kier alpha value is -3.19. The minimum absolute atomic E-state index is 0.177. The predicted molar refractivity (Wildman–Crippen MR) is 106 cm³/mol. The largest absolute Gasteiger partial charge is 0.497 e. The summed E-state index contributed by atoms with van der Waals surface area (Å²) < 4.78 is 10.7. The first-order chi connectivity index (χ1) is 13.6. The number of carbonyl (C=O) groups excluding carboxylic acids is 1. The van der Waals surface area contributed by atoms with Gasteiger partial charge < -0.3 is 19.1 Å². The van der Waals surface area contributed by atoms with Crippen LogP contribution in [0.4, 0.5) is 0 Å². The molecule has 0 bridgehead atoms. The van der Waals surface area contributed by atoms with Gasteiger partial charge in [0.25, 0.3) is 5.91 Å². The van der Waals surface area contributed by atoms with Crippen LogP contribution in [-0.4, -0.2) is 60.1 Å². The van der Waals surface area contributed by atoms with Gasteiger partial charge in [-0.2, -0.15) is 0 Å². The Bertz CT molecular complexity index is 909. The lowest BCUT2D eigenvalue weighted by Crippen LogP contribution is -2.36. The van der Waals surface area contributed by atoms with E-state index in [2.05, 4.69) is 10.1 Å². The highest BCUT2D eigenvalue weighted by molar-refractivity contribution is 5.93. The Morgan fingerprint density at radius 2 is 2.00 bits per heavy atom. The van der Waals surface area contributed by atoms with Gasteiger partial charge in [-0.3, -0.25) is 9.78 Å². The molecule has 0 fully saturated rings. The topological polar surface area (TPSA) is 71.7 Å². The van der Waals surface area contributed by atoms with Crippen LogP contribution in [0.5, 0.6) is 5.75 Å². The zero-order valence-electron chi connectivity index (χ0n) is 16.3. The van der Waals surface area contributed by atoms with Crippen molar-refractivity contribution in [2.75, 3.05) is 34.3 Å². The van der Waals surface area contributed by atoms with Gasteiger partial charge in [0.2, 0.25) is 0 Å². The molecule has 0 saturated carbocycles. The molecule has 3 rings (SSSR count). The smallest absolute Gasteiger partial charge is 0.276 e. The molecule has 7 heteroatoms. The number of hydrogen-bond donors (Lipinski definition) is 0. The molecule has 0 atom stereocenters. The zero-order chi connectivity index (χ0) is 19.9. The molecule has 0 aliphatic carbocycles. The summed E-state index contributed by atoms with van der Waals surface area (Å²) in [5.74, 6) is 1.10. The maximum atomic E-state index is 13.1. The quantitative estimate of drug-likeness (QED) is 0.598. The lowest BCUT2D eigenvalue weighted by molar-refractivity contribution is 0.0721. The minimum atomic E-state index is -0.177. The molecule has 0 aliphatic heterocycles. The number of ether oxygens (including phenoxy) is 1. The number of rotatable bonds is 8. The normalized spacial score (nSPS) is 10.9. The second-order valence-corrected chi connectivity index (χ2v) is 6.70. The van der Waals surface area contributed by atoms with Crippen LogP contribution in [0.15, 0.2) is 59.4 Å². The van der Waals surface area contributed by atoms with Gasteiger partial charge in [-0.25, -0.2) is 0 Å². The zero-order valence-corrected chi connectivity index (χ0v) is 16.3. The predicted octanol–water partition coefficient (Wildman–Crippen LogP) is 2.95. The van der Waals surface area contributed by atoms with Gasteiger partial charge in [-0.15, -0.1) is 0 Å². The van der Waals surface area contributed by atoms with E-state index in [9.17, 15) is 4.79 Å². The summed E-state index contributed by atoms with van der Waals surface area (Å²) >= 11 is 0. The summed E-state index contributed by atoms with van der Waals surface area (Å²) in [4.78, 5) is 21.0. The third-order valence-electron chi connectivity index (χ3n) is 4.29. The number of methoxy groups -OCH3 is 1. The summed E-state index contributed by atoms with van der Waals surface area (Å²) in [5.41, 5.74) is 2.05. The van der Waals surface area contributed by atoms with E-state index < -0.39 is 0 Å². The Kier molecular flexibility index (Phi) is 6.39. The summed E-state index contributed by atoms with van der Waals surface area (Å²) in [6.45, 7) is 1.76. The van der Waals surface area contributed by atoms with Gasteiger partial charge in [0.1, 0.15) is 5.75 Å². The van der Waals surface area contributed by atoms with Crippen molar-refractivity contribution in [3.8, 4) is 17.1 Å². The standard InChI is InChI=1S/C21H24N4O3/c1-24(2)10-11-25(15-16-6-4-8-18(12-16)27-3)21(26)19-13-20(28-23-19)17-7-5-9-22-14-17/h4-9,12-14H,10-11,15H2,1-3H3. The second-order valence-electron chi connectivity index (χ2n) is 6.70. The maximum absolute atomic E-state index is 13.1. The second kappa shape index (κ2) is 9.14. The lowest BCUT2D eigenvalue weighted by Gasteiger charge is -2.23. The molecule has 146 valence electrons. The van der Waals surface area contributed by atoms with Crippen LogP contribution < -0.4 is 4.74 Å². The van der Waals surface area contributed by atoms with Crippen molar-refractivity contribution in [1.29, 1.82) is 0 Å². The number of hydrogen-bond acceptors (Lipinski definition) is 6. The summed E-state index contributed by atoms with van der Waals surface area (Å²) in [7, 11) is 5.58. The highest BCUT2D eigenvalue weighted by Gasteiger charge is 2.21. The molecule has 3 aromatic rings. The molecule has 28 heavy (non-hydrogen) atoms. The molecule has 0 N–H and O–H groups in total. The van der Waals surface area contributed by atoms with Crippen LogP contribution in [0, 0.1) is 0 Å². The van der Waals surface area contributed by atoms with Crippen LogP contribution in [-0.2, 0) is 6.54 Å². The molecule has 7 nitrogen and oxygen atoms in total. The fraction of sp³-hybridized carbons (Fsp3) is 0.286. The lowest BCUT2D eigenvalue weighted by atomic mass is 10.1. The first-order valence-electron chi connectivity index (χ1n) is 9.01. The van der Waals surface area contributed by atoms with Crippen molar-refractivity contribution in [1.82, 2.24) is 19.9 Å². The van der Waals surface area contributed by atoms with E-state index in [-0.39, 0.29) is 11.6 Å². The van der Waals surface area contributed by atoms with E-state index >= 15 is 0 Å². The van der Waals surface area contributed by atoms with Crippen LogP contribution in [0.25, 0.3) is 11.3 Å². The molecule has 2 heterocycles. The first kappa shape index (κ1) is 19.6. The summed E-state index contributed by atoms with van der Waals surface area (Å²) in [6.07, 6.45) is 3.36. The fourth-order valence-electron chi connectivity index (χ4n) is 2.75. The number of nitrogens with zero attached hydrogens (tertiary/aromatic N) is 4. The number of carbonyl (C=O) groups is 1. The van der Waals surface area contributed by atoms with Crippen LogP contribution in [0.2, 0.25) is 0 Å². The third-order valence-corrected chi connectivity index (χ3v) is 4.29. The SMILES string of the molecule is COc1cccc(CN(CCN(C)C)C(=O)c2cc(-c3cccnc3)on2)c1. The Morgan fingerprint density at radius 3 is 2.71 bits per heavy atom. The van der Waals surface area contributed by atoms with Gasteiger partial charge in [0.15, 0.2) is 11.5 Å². The number of aromatic nitrogens is 2. The van der Waals surface area contributed by atoms with Gasteiger partial charge in [-0.1, -0.05) is 17.3 Å². The highest BCUT2D eigenvalue weighted by atomic mass is 16.5. The molecule has 0 aliphatic rings. The van der Waals surface area contributed by atoms with E-state index in [1.165, 1.54) is 0 Å². The third kappa shape index (κ3) is 4.95. The number of amides is 1. The molecular formula is C21H24N4O3. The van der Waals surface area contributed by atoms with Crippen molar-refractivity contribution in [2.45, 2.75) is 6.54 Å². The fourth-order valence-corrected chi connectivity index (χ4v) is 2.75. The average molecular weight is 380 g/mol. The van der Waals surface area contributed by atoms with Crippen LogP contribution in [0.1, 0.15) is 16.1 Å². The van der Waals surface area contributed by atoms with Crippen molar-refractivity contribution >= 4 is 5.91 Å². The molecule has 1 amide bonds. The first-order valence-corrected chi connectivity index (χ1v) is 9.01. The number of benzene rings is 1. The molecule has 0 unspecified atom stereocenters. The van der Waals surface area contributed by atoms with Crippen LogP contribution in [0.3, 0.4) is 0 Å².